The molecule has 4 nitrogen and oxygen atoms in total. The topological polar surface area (TPSA) is 59.2 Å². The third-order valence-corrected chi connectivity index (χ3v) is 3.46. The van der Waals surface area contributed by atoms with E-state index in [1.807, 2.05) is 0 Å². The minimum absolute atomic E-state index is 0.0941. The number of aromatic nitrogens is 2. The van der Waals surface area contributed by atoms with Gasteiger partial charge in [0.2, 0.25) is 5.82 Å². The molecule has 0 amide bonds. The van der Waals surface area contributed by atoms with Crippen LogP contribution < -0.4 is 0 Å². The molecule has 0 radical (unpaired) electrons. The zero-order chi connectivity index (χ0) is 14.1. The summed E-state index contributed by atoms with van der Waals surface area (Å²) in [6.45, 7) is 0. The van der Waals surface area contributed by atoms with Crippen molar-refractivity contribution < 1.29 is 9.63 Å². The van der Waals surface area contributed by atoms with E-state index in [-0.39, 0.29) is 5.75 Å². The Hall–Kier alpha value is -1.85. The molecule has 0 aliphatic rings. The van der Waals surface area contributed by atoms with Crippen molar-refractivity contribution >= 4 is 27.5 Å². The summed E-state index contributed by atoms with van der Waals surface area (Å²) in [6, 6.07) is 12.1. The second-order valence-corrected chi connectivity index (χ2v) is 5.44. The van der Waals surface area contributed by atoms with Crippen molar-refractivity contribution in [2.24, 2.45) is 0 Å². The molecule has 6 heteroatoms. The summed E-state index contributed by atoms with van der Waals surface area (Å²) in [5.74, 6) is 0.793. The van der Waals surface area contributed by atoms with Gasteiger partial charge >= 0.3 is 0 Å². The number of rotatable bonds is 2. The fourth-order valence-corrected chi connectivity index (χ4v) is 2.22. The van der Waals surface area contributed by atoms with E-state index in [1.165, 1.54) is 0 Å². The van der Waals surface area contributed by atoms with Gasteiger partial charge < -0.3 is 9.63 Å². The van der Waals surface area contributed by atoms with Crippen LogP contribution in [0.2, 0.25) is 5.02 Å². The fourth-order valence-electron chi connectivity index (χ4n) is 1.73. The number of hydrogen-bond donors (Lipinski definition) is 1. The van der Waals surface area contributed by atoms with E-state index in [4.69, 9.17) is 16.1 Å². The Morgan fingerprint density at radius 2 is 1.85 bits per heavy atom. The molecule has 0 spiro atoms. The molecule has 0 saturated carbocycles. The summed E-state index contributed by atoms with van der Waals surface area (Å²) in [5, 5.41) is 14.4. The van der Waals surface area contributed by atoms with Crippen molar-refractivity contribution in [3.63, 3.8) is 0 Å². The van der Waals surface area contributed by atoms with Gasteiger partial charge in [-0.15, -0.1) is 0 Å². The highest BCUT2D eigenvalue weighted by molar-refractivity contribution is 9.10. The molecule has 0 unspecified atom stereocenters. The first-order chi connectivity index (χ1) is 9.63. The predicted molar refractivity (Wildman–Crippen MR) is 79.5 cm³/mol. The van der Waals surface area contributed by atoms with Gasteiger partial charge in [0.1, 0.15) is 5.75 Å². The molecule has 3 aromatic rings. The zero-order valence-electron chi connectivity index (χ0n) is 10.0. The summed E-state index contributed by atoms with van der Waals surface area (Å²) in [6.07, 6.45) is 0. The van der Waals surface area contributed by atoms with Crippen LogP contribution in [0.1, 0.15) is 0 Å². The van der Waals surface area contributed by atoms with Crippen molar-refractivity contribution in [1.29, 1.82) is 0 Å². The average Bonchev–Trinajstić information content (AvgIpc) is 2.92. The van der Waals surface area contributed by atoms with Gasteiger partial charge in [0.25, 0.3) is 5.89 Å². The Balaban J connectivity index is 2.01. The first-order valence-corrected chi connectivity index (χ1v) is 6.89. The van der Waals surface area contributed by atoms with Gasteiger partial charge in [0, 0.05) is 15.1 Å². The lowest BCUT2D eigenvalue weighted by molar-refractivity contribution is 0.431. The fraction of sp³-hybridized carbons (Fsp3) is 0. The normalized spacial score (nSPS) is 10.7. The van der Waals surface area contributed by atoms with E-state index in [0.29, 0.717) is 22.3 Å². The highest BCUT2D eigenvalue weighted by Gasteiger charge is 2.14. The molecule has 1 aromatic heterocycles. The Morgan fingerprint density at radius 3 is 2.60 bits per heavy atom. The van der Waals surface area contributed by atoms with Crippen LogP contribution in [0, 0.1) is 0 Å². The second kappa shape index (κ2) is 5.26. The molecule has 100 valence electrons. The Bertz CT molecular complexity index is 756. The minimum atomic E-state index is 0.0941. The van der Waals surface area contributed by atoms with E-state index < -0.39 is 0 Å². The molecular weight excluding hydrogens is 344 g/mol. The van der Waals surface area contributed by atoms with E-state index in [0.717, 1.165) is 10.0 Å². The molecule has 20 heavy (non-hydrogen) atoms. The third kappa shape index (κ3) is 2.55. The van der Waals surface area contributed by atoms with Crippen molar-refractivity contribution in [2.45, 2.75) is 0 Å². The maximum atomic E-state index is 9.84. The molecule has 0 bridgehead atoms. The monoisotopic (exact) mass is 350 g/mol. The number of benzene rings is 2. The van der Waals surface area contributed by atoms with E-state index in [9.17, 15) is 5.11 Å². The maximum Gasteiger partial charge on any atom is 0.258 e. The lowest BCUT2D eigenvalue weighted by Gasteiger charge is -1.99. The minimum Gasteiger partial charge on any atom is -0.507 e. The Labute approximate surface area is 128 Å². The number of hydrogen-bond acceptors (Lipinski definition) is 4. The van der Waals surface area contributed by atoms with Gasteiger partial charge in [-0.3, -0.25) is 0 Å². The summed E-state index contributed by atoms with van der Waals surface area (Å²) >= 11 is 9.17. The molecular formula is C14H8BrClN2O2. The van der Waals surface area contributed by atoms with Gasteiger partial charge in [-0.05, 0) is 42.5 Å². The van der Waals surface area contributed by atoms with Gasteiger partial charge in [-0.2, -0.15) is 4.98 Å². The zero-order valence-corrected chi connectivity index (χ0v) is 12.4. The van der Waals surface area contributed by atoms with Crippen molar-refractivity contribution in [3.8, 4) is 28.6 Å². The largest absolute Gasteiger partial charge is 0.507 e. The standard InChI is InChI=1S/C14H8BrClN2O2/c15-9-3-6-12(19)11(7-9)13-17-14(20-18-13)8-1-4-10(16)5-2-8/h1-7,19H. The quantitative estimate of drug-likeness (QED) is 0.737. The first kappa shape index (κ1) is 13.1. The molecule has 1 heterocycles. The van der Waals surface area contributed by atoms with Crippen LogP contribution in [-0.4, -0.2) is 15.2 Å². The molecule has 0 aliphatic heterocycles. The van der Waals surface area contributed by atoms with Crippen LogP contribution in [-0.2, 0) is 0 Å². The predicted octanol–water partition coefficient (Wildman–Crippen LogP) is 4.53. The Morgan fingerprint density at radius 1 is 1.10 bits per heavy atom. The van der Waals surface area contributed by atoms with Crippen LogP contribution in [0.25, 0.3) is 22.8 Å². The van der Waals surface area contributed by atoms with Gasteiger partial charge in [-0.1, -0.05) is 32.7 Å². The molecule has 1 N–H and O–H groups in total. The number of phenolic OH excluding ortho intramolecular Hbond substituents is 1. The smallest absolute Gasteiger partial charge is 0.258 e. The number of phenols is 1. The number of nitrogens with zero attached hydrogens (tertiary/aromatic N) is 2. The van der Waals surface area contributed by atoms with Gasteiger partial charge in [0.15, 0.2) is 0 Å². The molecule has 0 aliphatic carbocycles. The highest BCUT2D eigenvalue weighted by Crippen LogP contribution is 2.31. The summed E-state index contributed by atoms with van der Waals surface area (Å²) in [5.41, 5.74) is 1.27. The van der Waals surface area contributed by atoms with E-state index >= 15 is 0 Å². The lowest BCUT2D eigenvalue weighted by Crippen LogP contribution is -1.83. The van der Waals surface area contributed by atoms with Crippen LogP contribution in [0.15, 0.2) is 51.5 Å². The summed E-state index contributed by atoms with van der Waals surface area (Å²) < 4.78 is 6.03. The van der Waals surface area contributed by atoms with Gasteiger partial charge in [-0.25, -0.2) is 0 Å². The SMILES string of the molecule is Oc1ccc(Br)cc1-c1noc(-c2ccc(Cl)cc2)n1. The number of aromatic hydroxyl groups is 1. The van der Waals surface area contributed by atoms with Crippen molar-refractivity contribution in [1.82, 2.24) is 10.1 Å². The van der Waals surface area contributed by atoms with E-state index in [1.54, 1.807) is 42.5 Å². The van der Waals surface area contributed by atoms with Crippen LogP contribution >= 0.6 is 27.5 Å². The second-order valence-electron chi connectivity index (χ2n) is 4.09. The van der Waals surface area contributed by atoms with E-state index in [2.05, 4.69) is 26.1 Å². The summed E-state index contributed by atoms with van der Waals surface area (Å²) in [7, 11) is 0. The molecule has 3 rings (SSSR count). The third-order valence-electron chi connectivity index (χ3n) is 2.72. The molecule has 0 atom stereocenters. The van der Waals surface area contributed by atoms with Crippen molar-refractivity contribution in [2.75, 3.05) is 0 Å². The van der Waals surface area contributed by atoms with Crippen LogP contribution in [0.3, 0.4) is 0 Å². The summed E-state index contributed by atoms with van der Waals surface area (Å²) in [4.78, 5) is 4.28. The van der Waals surface area contributed by atoms with Crippen molar-refractivity contribution in [3.05, 3.63) is 52.0 Å². The highest BCUT2D eigenvalue weighted by atomic mass is 79.9. The van der Waals surface area contributed by atoms with Crippen LogP contribution in [0.5, 0.6) is 5.75 Å². The maximum absolute atomic E-state index is 9.84. The molecule has 2 aromatic carbocycles. The molecule has 0 fully saturated rings. The Kier molecular flexibility index (Phi) is 3.46. The number of halogens is 2. The molecule has 0 saturated heterocycles. The van der Waals surface area contributed by atoms with Gasteiger partial charge in [0.05, 0.1) is 5.56 Å². The lowest BCUT2D eigenvalue weighted by atomic mass is 10.2. The van der Waals surface area contributed by atoms with Crippen LogP contribution in [0.4, 0.5) is 0 Å². The first-order valence-electron chi connectivity index (χ1n) is 5.72. The average molecular weight is 352 g/mol.